The van der Waals surface area contributed by atoms with Gasteiger partial charge in [-0.25, -0.2) is 4.68 Å². The quantitative estimate of drug-likeness (QED) is 0.572. The number of carboxylic acid groups (broad SMARTS) is 1. The number of aliphatic carboxylic acids is 1. The number of nitrogens with zero attached hydrogens (tertiary/aromatic N) is 4. The summed E-state index contributed by atoms with van der Waals surface area (Å²) in [5.74, 6) is -0.914. The van der Waals surface area contributed by atoms with Crippen molar-refractivity contribution in [2.24, 2.45) is 12.8 Å². The molecule has 0 amide bonds. The molecule has 0 bridgehead atoms. The lowest BCUT2D eigenvalue weighted by Gasteiger charge is -2.03. The molecule has 2 heterocycles. The molecule has 0 aliphatic heterocycles. The Balaban J connectivity index is 2.43. The first-order valence-electron chi connectivity index (χ1n) is 4.92. The van der Waals surface area contributed by atoms with Gasteiger partial charge in [0.15, 0.2) is 0 Å². The lowest BCUT2D eigenvalue weighted by molar-refractivity contribution is -0.138. The lowest BCUT2D eigenvalue weighted by Crippen LogP contribution is -2.33. The van der Waals surface area contributed by atoms with E-state index in [9.17, 15) is 9.59 Å². The number of aromatic nitrogens is 5. The summed E-state index contributed by atoms with van der Waals surface area (Å²) in [6.07, 6.45) is -0.177. The molecule has 0 radical (unpaired) electrons. The molecular weight excluding hydrogens is 244 g/mol. The summed E-state index contributed by atoms with van der Waals surface area (Å²) in [5, 5.41) is 21.5. The Morgan fingerprint density at radius 1 is 1.67 bits per heavy atom. The van der Waals surface area contributed by atoms with Gasteiger partial charge in [-0.1, -0.05) is 0 Å². The summed E-state index contributed by atoms with van der Waals surface area (Å²) in [6, 6.07) is -1.20. The Morgan fingerprint density at radius 3 is 2.94 bits per heavy atom. The fourth-order valence-corrected chi connectivity index (χ4v) is 1.42. The van der Waals surface area contributed by atoms with Crippen molar-refractivity contribution in [1.29, 1.82) is 0 Å². The molecule has 4 N–H and O–H groups in total. The van der Waals surface area contributed by atoms with E-state index in [1.54, 1.807) is 7.05 Å². The Labute approximate surface area is 99.4 Å². The molecule has 0 aliphatic carbocycles. The van der Waals surface area contributed by atoms with Crippen LogP contribution in [0.1, 0.15) is 5.56 Å². The maximum Gasteiger partial charge on any atom is 0.320 e. The van der Waals surface area contributed by atoms with Crippen molar-refractivity contribution >= 4 is 5.97 Å². The molecule has 18 heavy (non-hydrogen) atoms. The van der Waals surface area contributed by atoms with Gasteiger partial charge in [-0.05, 0) is 10.4 Å². The van der Waals surface area contributed by atoms with Gasteiger partial charge in [-0.3, -0.25) is 9.59 Å². The van der Waals surface area contributed by atoms with Crippen molar-refractivity contribution in [1.82, 2.24) is 25.4 Å². The van der Waals surface area contributed by atoms with E-state index in [1.807, 2.05) is 0 Å². The molecule has 2 rings (SSSR count). The second kappa shape index (κ2) is 4.41. The first kappa shape index (κ1) is 12.0. The zero-order valence-electron chi connectivity index (χ0n) is 9.32. The largest absolute Gasteiger partial charge is 0.480 e. The number of carbonyl (C=O) groups is 1. The van der Waals surface area contributed by atoms with Gasteiger partial charge in [0.25, 0.3) is 5.56 Å². The lowest BCUT2D eigenvalue weighted by atomic mass is 10.1. The Hall–Kier alpha value is -2.49. The fraction of sp³-hybridized carbons (Fsp3) is 0.375. The van der Waals surface area contributed by atoms with Gasteiger partial charge < -0.3 is 15.4 Å². The summed E-state index contributed by atoms with van der Waals surface area (Å²) in [7, 11) is 1.56. The summed E-state index contributed by atoms with van der Waals surface area (Å²) in [6.45, 7) is 0. The number of H-pyrrole nitrogens is 1. The summed E-state index contributed by atoms with van der Waals surface area (Å²) in [5.41, 5.74) is 4.93. The monoisotopic (exact) mass is 254 g/mol. The number of hydrogen-bond acceptors (Lipinski definition) is 7. The van der Waals surface area contributed by atoms with E-state index in [0.29, 0.717) is 0 Å². The van der Waals surface area contributed by atoms with Crippen LogP contribution in [-0.4, -0.2) is 42.5 Å². The molecule has 2 aromatic rings. The first-order chi connectivity index (χ1) is 8.50. The van der Waals surface area contributed by atoms with Crippen molar-refractivity contribution in [3.05, 3.63) is 15.9 Å². The van der Waals surface area contributed by atoms with Gasteiger partial charge in [0, 0.05) is 13.5 Å². The Kier molecular flexibility index (Phi) is 2.93. The van der Waals surface area contributed by atoms with Crippen LogP contribution in [0, 0.1) is 0 Å². The maximum absolute atomic E-state index is 11.5. The van der Waals surface area contributed by atoms with Crippen LogP contribution in [-0.2, 0) is 18.3 Å². The molecule has 0 spiro atoms. The number of rotatable bonds is 4. The van der Waals surface area contributed by atoms with Crippen LogP contribution >= 0.6 is 0 Å². The minimum atomic E-state index is -1.21. The van der Waals surface area contributed by atoms with E-state index >= 15 is 0 Å². The van der Waals surface area contributed by atoms with E-state index in [4.69, 9.17) is 15.4 Å². The fourth-order valence-electron chi connectivity index (χ4n) is 1.42. The number of nitrogens with one attached hydrogen (secondary N) is 1. The number of aryl methyl sites for hydroxylation is 1. The van der Waals surface area contributed by atoms with E-state index < -0.39 is 17.6 Å². The number of hydrogen-bond donors (Lipinski definition) is 3. The van der Waals surface area contributed by atoms with Crippen molar-refractivity contribution in [2.45, 2.75) is 12.5 Å². The summed E-state index contributed by atoms with van der Waals surface area (Å²) in [4.78, 5) is 22.2. The highest BCUT2D eigenvalue weighted by molar-refractivity contribution is 5.74. The van der Waals surface area contributed by atoms with Crippen molar-refractivity contribution in [2.75, 3.05) is 0 Å². The van der Waals surface area contributed by atoms with Gasteiger partial charge in [0.1, 0.15) is 6.04 Å². The van der Waals surface area contributed by atoms with Crippen molar-refractivity contribution in [3.63, 3.8) is 0 Å². The van der Waals surface area contributed by atoms with Crippen molar-refractivity contribution in [3.8, 4) is 11.6 Å². The van der Waals surface area contributed by atoms with Crippen molar-refractivity contribution < 1.29 is 14.4 Å². The normalized spacial score (nSPS) is 12.6. The smallest absolute Gasteiger partial charge is 0.320 e. The molecule has 0 saturated heterocycles. The third kappa shape index (κ3) is 2.00. The van der Waals surface area contributed by atoms with Crippen LogP contribution in [0.25, 0.3) is 11.6 Å². The molecule has 10 nitrogen and oxygen atoms in total. The zero-order chi connectivity index (χ0) is 13.3. The van der Waals surface area contributed by atoms with Crippen LogP contribution in [0.15, 0.2) is 9.32 Å². The SMILES string of the molecule is Cn1nnnc1-c1o[nH]c(=O)c1C[C@@H](N)C(=O)O. The number of aromatic amines is 1. The van der Waals surface area contributed by atoms with Crippen LogP contribution in [0.3, 0.4) is 0 Å². The van der Waals surface area contributed by atoms with Gasteiger partial charge in [-0.2, -0.15) is 5.16 Å². The molecule has 2 aromatic heterocycles. The van der Waals surface area contributed by atoms with Crippen LogP contribution in [0.2, 0.25) is 0 Å². The van der Waals surface area contributed by atoms with Crippen LogP contribution in [0.4, 0.5) is 0 Å². The summed E-state index contributed by atoms with van der Waals surface area (Å²) >= 11 is 0. The van der Waals surface area contributed by atoms with E-state index in [1.165, 1.54) is 4.68 Å². The molecular formula is C8H10N6O4. The first-order valence-corrected chi connectivity index (χ1v) is 4.92. The summed E-state index contributed by atoms with van der Waals surface area (Å²) < 4.78 is 6.25. The minimum absolute atomic E-state index is 0.0872. The number of nitrogens with two attached hydrogens (primary N) is 1. The zero-order valence-corrected chi connectivity index (χ0v) is 9.32. The van der Waals surface area contributed by atoms with Gasteiger partial charge in [0.05, 0.1) is 5.56 Å². The van der Waals surface area contributed by atoms with Gasteiger partial charge >= 0.3 is 5.97 Å². The highest BCUT2D eigenvalue weighted by Crippen LogP contribution is 2.18. The Morgan fingerprint density at radius 2 is 2.39 bits per heavy atom. The second-order valence-corrected chi connectivity index (χ2v) is 3.62. The van der Waals surface area contributed by atoms with Crippen LogP contribution in [0.5, 0.6) is 0 Å². The average molecular weight is 254 g/mol. The van der Waals surface area contributed by atoms with Crippen LogP contribution < -0.4 is 11.3 Å². The van der Waals surface area contributed by atoms with Gasteiger partial charge in [0.2, 0.25) is 11.6 Å². The number of carboxylic acids is 1. The topological polar surface area (TPSA) is 153 Å². The third-order valence-electron chi connectivity index (χ3n) is 2.36. The molecule has 0 aromatic carbocycles. The minimum Gasteiger partial charge on any atom is -0.480 e. The molecule has 10 heteroatoms. The van der Waals surface area contributed by atoms with E-state index in [0.717, 1.165) is 0 Å². The standard InChI is InChI=1S/C8H10N6O4/c1-14-6(10-12-13-14)5-3(7(15)11-18-5)2-4(9)8(16)17/h4H,2,9H2,1H3,(H,11,15)(H,16,17)/t4-/m1/s1. The third-order valence-corrected chi connectivity index (χ3v) is 2.36. The molecule has 0 unspecified atom stereocenters. The average Bonchev–Trinajstić information content (AvgIpc) is 2.86. The second-order valence-electron chi connectivity index (χ2n) is 3.62. The van der Waals surface area contributed by atoms with E-state index in [2.05, 4.69) is 20.7 Å². The predicted molar refractivity (Wildman–Crippen MR) is 56.4 cm³/mol. The molecule has 0 saturated carbocycles. The molecule has 1 atom stereocenters. The number of tetrazole rings is 1. The highest BCUT2D eigenvalue weighted by atomic mass is 16.5. The molecule has 0 fully saturated rings. The molecule has 0 aliphatic rings. The van der Waals surface area contributed by atoms with E-state index in [-0.39, 0.29) is 23.6 Å². The maximum atomic E-state index is 11.5. The highest BCUT2D eigenvalue weighted by Gasteiger charge is 2.24. The predicted octanol–water partition coefficient (Wildman–Crippen LogP) is -1.89. The molecule has 96 valence electrons. The van der Waals surface area contributed by atoms with Gasteiger partial charge in [-0.15, -0.1) is 5.10 Å². The Bertz CT molecular complexity index is 626.